The van der Waals surface area contributed by atoms with Crippen molar-refractivity contribution in [2.75, 3.05) is 19.7 Å². The Morgan fingerprint density at radius 3 is 2.82 bits per heavy atom. The van der Waals surface area contributed by atoms with Gasteiger partial charge in [0.25, 0.3) is 11.6 Å². The molecule has 1 saturated heterocycles. The molecule has 1 aliphatic heterocycles. The number of hydrogen-bond acceptors (Lipinski definition) is 5. The second-order valence-corrected chi connectivity index (χ2v) is 5.47. The van der Waals surface area contributed by atoms with Crippen molar-refractivity contribution < 1.29 is 24.4 Å². The van der Waals surface area contributed by atoms with Crippen LogP contribution in [0.1, 0.15) is 13.3 Å². The summed E-state index contributed by atoms with van der Waals surface area (Å²) in [4.78, 5) is 34.7. The quantitative estimate of drug-likeness (QED) is 0.648. The SMILES string of the molecule is CC1(C(=O)O)CCN(C(=O)COc2cccc([N+](=O)[O-])c2)C1. The van der Waals surface area contributed by atoms with Crippen LogP contribution in [0.15, 0.2) is 24.3 Å². The van der Waals surface area contributed by atoms with E-state index < -0.39 is 16.3 Å². The summed E-state index contributed by atoms with van der Waals surface area (Å²) < 4.78 is 5.26. The Balaban J connectivity index is 1.93. The van der Waals surface area contributed by atoms with Crippen LogP contribution >= 0.6 is 0 Å². The Labute approximate surface area is 126 Å². The Hall–Kier alpha value is -2.64. The van der Waals surface area contributed by atoms with Gasteiger partial charge < -0.3 is 14.7 Å². The second-order valence-electron chi connectivity index (χ2n) is 5.47. The third-order valence-corrected chi connectivity index (χ3v) is 3.73. The number of benzene rings is 1. The number of ether oxygens (including phenoxy) is 1. The van der Waals surface area contributed by atoms with E-state index in [0.717, 1.165) is 0 Å². The van der Waals surface area contributed by atoms with Crippen LogP contribution < -0.4 is 4.74 Å². The van der Waals surface area contributed by atoms with Gasteiger partial charge in [0.1, 0.15) is 5.75 Å². The van der Waals surface area contributed by atoms with Crippen LogP contribution in [-0.4, -0.2) is 46.5 Å². The van der Waals surface area contributed by atoms with Crippen molar-refractivity contribution in [1.29, 1.82) is 0 Å². The highest BCUT2D eigenvalue weighted by Gasteiger charge is 2.42. The molecule has 1 fully saturated rings. The van der Waals surface area contributed by atoms with Crippen molar-refractivity contribution in [3.05, 3.63) is 34.4 Å². The van der Waals surface area contributed by atoms with E-state index in [2.05, 4.69) is 0 Å². The number of carboxylic acids is 1. The van der Waals surface area contributed by atoms with Gasteiger partial charge >= 0.3 is 5.97 Å². The highest BCUT2D eigenvalue weighted by atomic mass is 16.6. The Morgan fingerprint density at radius 2 is 2.23 bits per heavy atom. The monoisotopic (exact) mass is 308 g/mol. The number of likely N-dealkylation sites (tertiary alicyclic amines) is 1. The summed E-state index contributed by atoms with van der Waals surface area (Å²) in [5.74, 6) is -1.04. The minimum absolute atomic E-state index is 0.121. The first-order valence-corrected chi connectivity index (χ1v) is 6.70. The van der Waals surface area contributed by atoms with Crippen molar-refractivity contribution in [2.45, 2.75) is 13.3 Å². The van der Waals surface area contributed by atoms with Crippen molar-refractivity contribution in [3.8, 4) is 5.75 Å². The summed E-state index contributed by atoms with van der Waals surface area (Å²) in [6.45, 7) is 1.82. The predicted molar refractivity (Wildman–Crippen MR) is 75.5 cm³/mol. The summed E-state index contributed by atoms with van der Waals surface area (Å²) in [6.07, 6.45) is 0.394. The minimum atomic E-state index is -0.929. The van der Waals surface area contributed by atoms with Crippen molar-refractivity contribution >= 4 is 17.6 Å². The average molecular weight is 308 g/mol. The maximum absolute atomic E-state index is 12.0. The van der Waals surface area contributed by atoms with Gasteiger partial charge in [-0.2, -0.15) is 0 Å². The highest BCUT2D eigenvalue weighted by Crippen LogP contribution is 2.30. The Bertz CT molecular complexity index is 617. The summed E-state index contributed by atoms with van der Waals surface area (Å²) in [5, 5.41) is 19.8. The van der Waals surface area contributed by atoms with E-state index in [9.17, 15) is 19.7 Å². The zero-order valence-electron chi connectivity index (χ0n) is 12.0. The predicted octanol–water partition coefficient (Wildman–Crippen LogP) is 1.30. The molecule has 1 N–H and O–H groups in total. The maximum Gasteiger partial charge on any atom is 0.311 e. The fourth-order valence-corrected chi connectivity index (χ4v) is 2.27. The number of carbonyl (C=O) groups is 2. The van der Waals surface area contributed by atoms with Gasteiger partial charge in [-0.3, -0.25) is 19.7 Å². The van der Waals surface area contributed by atoms with E-state index in [0.29, 0.717) is 13.0 Å². The molecule has 0 radical (unpaired) electrons. The van der Waals surface area contributed by atoms with Crippen LogP contribution in [0.25, 0.3) is 0 Å². The van der Waals surface area contributed by atoms with Crippen LogP contribution in [0.4, 0.5) is 5.69 Å². The third-order valence-electron chi connectivity index (χ3n) is 3.73. The first kappa shape index (κ1) is 15.7. The molecule has 1 amide bonds. The zero-order valence-corrected chi connectivity index (χ0v) is 12.0. The fraction of sp³-hybridized carbons (Fsp3) is 0.429. The molecule has 1 aliphatic rings. The van der Waals surface area contributed by atoms with E-state index in [1.54, 1.807) is 6.92 Å². The minimum Gasteiger partial charge on any atom is -0.484 e. The molecule has 8 nitrogen and oxygen atoms in total. The molecule has 8 heteroatoms. The fourth-order valence-electron chi connectivity index (χ4n) is 2.27. The van der Waals surface area contributed by atoms with Gasteiger partial charge in [0, 0.05) is 19.2 Å². The molecule has 1 atom stereocenters. The smallest absolute Gasteiger partial charge is 0.311 e. The molecule has 0 aromatic heterocycles. The van der Waals surface area contributed by atoms with Gasteiger partial charge in [-0.05, 0) is 19.4 Å². The number of hydrogen-bond donors (Lipinski definition) is 1. The third kappa shape index (κ3) is 3.33. The molecular weight excluding hydrogens is 292 g/mol. The number of rotatable bonds is 5. The number of non-ortho nitro benzene ring substituents is 1. The van der Waals surface area contributed by atoms with Crippen molar-refractivity contribution in [3.63, 3.8) is 0 Å². The molecule has 1 unspecified atom stereocenters. The number of amides is 1. The van der Waals surface area contributed by atoms with Crippen molar-refractivity contribution in [2.24, 2.45) is 5.41 Å². The molecule has 0 spiro atoms. The molecular formula is C14H16N2O6. The Kier molecular flexibility index (Phi) is 4.30. The standard InChI is InChI=1S/C14H16N2O6/c1-14(13(18)19)5-6-15(9-14)12(17)8-22-11-4-2-3-10(7-11)16(20)21/h2-4,7H,5-6,8-9H2,1H3,(H,18,19). The lowest BCUT2D eigenvalue weighted by Gasteiger charge is -2.20. The molecule has 0 saturated carbocycles. The van der Waals surface area contributed by atoms with E-state index in [1.165, 1.54) is 29.2 Å². The van der Waals surface area contributed by atoms with Gasteiger partial charge in [0.05, 0.1) is 16.4 Å². The normalized spacial score (nSPS) is 20.7. The number of carboxylic acid groups (broad SMARTS) is 1. The van der Waals surface area contributed by atoms with Gasteiger partial charge in [0.15, 0.2) is 6.61 Å². The van der Waals surface area contributed by atoms with E-state index in [-0.39, 0.29) is 30.5 Å². The highest BCUT2D eigenvalue weighted by molar-refractivity contribution is 5.81. The lowest BCUT2D eigenvalue weighted by Crippen LogP contribution is -2.37. The number of aliphatic carboxylic acids is 1. The number of nitrogens with zero attached hydrogens (tertiary/aromatic N) is 2. The first-order valence-electron chi connectivity index (χ1n) is 6.70. The van der Waals surface area contributed by atoms with Crippen LogP contribution in [0.5, 0.6) is 5.75 Å². The Morgan fingerprint density at radius 1 is 1.50 bits per heavy atom. The summed E-state index contributed by atoms with van der Waals surface area (Å²) in [7, 11) is 0. The second kappa shape index (κ2) is 6.00. The molecule has 1 aromatic carbocycles. The summed E-state index contributed by atoms with van der Waals surface area (Å²) in [5.41, 5.74) is -1.05. The number of nitro groups is 1. The molecule has 1 aromatic rings. The largest absolute Gasteiger partial charge is 0.484 e. The van der Waals surface area contributed by atoms with E-state index in [1.807, 2.05) is 0 Å². The molecule has 1 heterocycles. The van der Waals surface area contributed by atoms with E-state index in [4.69, 9.17) is 9.84 Å². The molecule has 22 heavy (non-hydrogen) atoms. The van der Waals surface area contributed by atoms with E-state index >= 15 is 0 Å². The van der Waals surface area contributed by atoms with Gasteiger partial charge in [-0.25, -0.2) is 0 Å². The van der Waals surface area contributed by atoms with Crippen molar-refractivity contribution in [1.82, 2.24) is 4.90 Å². The van der Waals surface area contributed by atoms with Crippen LogP contribution in [0.3, 0.4) is 0 Å². The van der Waals surface area contributed by atoms with Crippen LogP contribution in [-0.2, 0) is 9.59 Å². The topological polar surface area (TPSA) is 110 Å². The number of carbonyl (C=O) groups excluding carboxylic acids is 1. The summed E-state index contributed by atoms with van der Waals surface area (Å²) in [6, 6.07) is 5.55. The summed E-state index contributed by atoms with van der Waals surface area (Å²) >= 11 is 0. The maximum atomic E-state index is 12.0. The van der Waals surface area contributed by atoms with Gasteiger partial charge in [0.2, 0.25) is 0 Å². The van der Waals surface area contributed by atoms with Gasteiger partial charge in [-0.15, -0.1) is 0 Å². The first-order chi connectivity index (χ1) is 10.3. The molecule has 0 aliphatic carbocycles. The van der Waals surface area contributed by atoms with Crippen LogP contribution in [0.2, 0.25) is 0 Å². The lowest BCUT2D eigenvalue weighted by molar-refractivity contribution is -0.384. The van der Waals surface area contributed by atoms with Gasteiger partial charge in [-0.1, -0.05) is 6.07 Å². The molecule has 118 valence electrons. The molecule has 2 rings (SSSR count). The average Bonchev–Trinajstić information content (AvgIpc) is 2.89. The van der Waals surface area contributed by atoms with Crippen LogP contribution in [0, 0.1) is 15.5 Å². The molecule has 0 bridgehead atoms. The number of nitro benzene ring substituents is 1. The lowest BCUT2D eigenvalue weighted by atomic mass is 9.90. The zero-order chi connectivity index (χ0) is 16.3.